The second-order valence-electron chi connectivity index (χ2n) is 4.12. The fourth-order valence-corrected chi connectivity index (χ4v) is 2.08. The van der Waals surface area contributed by atoms with E-state index in [0.29, 0.717) is 6.54 Å². The highest BCUT2D eigenvalue weighted by molar-refractivity contribution is 6.01. The van der Waals surface area contributed by atoms with Gasteiger partial charge in [-0.2, -0.15) is 5.10 Å². The van der Waals surface area contributed by atoms with Crippen molar-refractivity contribution >= 4 is 11.7 Å². The van der Waals surface area contributed by atoms with Gasteiger partial charge < -0.3 is 0 Å². The molecular weight excluding hydrogens is 226 g/mol. The van der Waals surface area contributed by atoms with Crippen molar-refractivity contribution in [2.45, 2.75) is 6.42 Å². The maximum atomic E-state index is 11.9. The largest absolute Gasteiger partial charge is 0.293 e. The van der Waals surface area contributed by atoms with Crippen LogP contribution in [0.15, 0.2) is 54.7 Å². The lowest BCUT2D eigenvalue weighted by molar-refractivity contribution is -0.114. The second kappa shape index (κ2) is 4.49. The second-order valence-corrected chi connectivity index (χ2v) is 4.12. The quantitative estimate of drug-likeness (QED) is 0.805. The number of amides is 1. The van der Waals surface area contributed by atoms with Gasteiger partial charge in [-0.15, -0.1) is 0 Å². The molecule has 1 aliphatic heterocycles. The minimum atomic E-state index is 0.0129. The van der Waals surface area contributed by atoms with Crippen LogP contribution in [0.3, 0.4) is 0 Å². The summed E-state index contributed by atoms with van der Waals surface area (Å²) >= 11 is 0. The molecule has 1 aromatic carbocycles. The average molecular weight is 239 g/mol. The Hall–Kier alpha value is -2.36. The molecule has 2 aromatic rings. The predicted octanol–water partition coefficient (Wildman–Crippen LogP) is 2.17. The number of carbonyl (C=O) groups excluding carboxylic acids is 1. The van der Waals surface area contributed by atoms with Crippen LogP contribution < -0.4 is 4.90 Å². The van der Waals surface area contributed by atoms with Gasteiger partial charge in [0.05, 0.1) is 11.9 Å². The molecule has 1 aliphatic rings. The monoisotopic (exact) mass is 239 g/mol. The van der Waals surface area contributed by atoms with Crippen molar-refractivity contribution in [2.75, 3.05) is 11.4 Å². The number of nitrogens with zero attached hydrogens (tertiary/aromatic N) is 3. The molecule has 0 spiro atoms. The number of para-hydroxylation sites is 1. The molecule has 1 amide bonds. The summed E-state index contributed by atoms with van der Waals surface area (Å²) in [4.78, 5) is 13.6. The Labute approximate surface area is 105 Å². The molecule has 0 aliphatic carbocycles. The molecule has 0 unspecified atom stereocenters. The fraction of sp³-hybridized carbons (Fsp3) is 0.143. The Morgan fingerprint density at radius 2 is 1.94 bits per heavy atom. The van der Waals surface area contributed by atoms with Crippen molar-refractivity contribution in [1.82, 2.24) is 9.78 Å². The molecule has 0 radical (unpaired) electrons. The zero-order valence-electron chi connectivity index (χ0n) is 9.86. The van der Waals surface area contributed by atoms with Crippen LogP contribution in [0.4, 0.5) is 5.82 Å². The first-order valence-corrected chi connectivity index (χ1v) is 5.94. The molecule has 0 fully saturated rings. The van der Waals surface area contributed by atoms with Crippen LogP contribution in [-0.4, -0.2) is 22.2 Å². The fourth-order valence-electron chi connectivity index (χ4n) is 2.08. The van der Waals surface area contributed by atoms with Gasteiger partial charge in [-0.25, -0.2) is 4.68 Å². The SMILES string of the molecule is O=C1C=CCCN1c1ccnn1-c1ccccc1. The molecule has 4 nitrogen and oxygen atoms in total. The molecule has 2 heterocycles. The van der Waals surface area contributed by atoms with Crippen molar-refractivity contribution < 1.29 is 4.79 Å². The Bertz CT molecular complexity index is 586. The summed E-state index contributed by atoms with van der Waals surface area (Å²) in [5.41, 5.74) is 0.958. The molecule has 0 bridgehead atoms. The van der Waals surface area contributed by atoms with E-state index >= 15 is 0 Å². The lowest BCUT2D eigenvalue weighted by Gasteiger charge is -2.23. The van der Waals surface area contributed by atoms with E-state index in [-0.39, 0.29) is 5.91 Å². The summed E-state index contributed by atoms with van der Waals surface area (Å²) in [7, 11) is 0. The minimum Gasteiger partial charge on any atom is -0.293 e. The van der Waals surface area contributed by atoms with E-state index in [2.05, 4.69) is 5.10 Å². The first-order valence-electron chi connectivity index (χ1n) is 5.94. The Balaban J connectivity index is 2.02. The standard InChI is InChI=1S/C14H13N3O/c18-14-8-4-5-11-16(14)13-9-10-15-17(13)12-6-2-1-3-7-12/h1-4,6-10H,5,11H2. The Kier molecular flexibility index (Phi) is 2.68. The van der Waals surface area contributed by atoms with Crippen molar-refractivity contribution in [2.24, 2.45) is 0 Å². The van der Waals surface area contributed by atoms with Crippen LogP contribution in [0.25, 0.3) is 5.69 Å². The molecule has 18 heavy (non-hydrogen) atoms. The van der Waals surface area contributed by atoms with Crippen LogP contribution in [0.2, 0.25) is 0 Å². The number of rotatable bonds is 2. The lowest BCUT2D eigenvalue weighted by atomic mass is 10.2. The van der Waals surface area contributed by atoms with Gasteiger partial charge in [-0.05, 0) is 24.6 Å². The van der Waals surface area contributed by atoms with E-state index in [1.54, 1.807) is 21.9 Å². The molecule has 4 heteroatoms. The van der Waals surface area contributed by atoms with Gasteiger partial charge in [0.25, 0.3) is 5.91 Å². The van der Waals surface area contributed by atoms with Crippen molar-refractivity contribution in [1.29, 1.82) is 0 Å². The zero-order chi connectivity index (χ0) is 12.4. The van der Waals surface area contributed by atoms with E-state index < -0.39 is 0 Å². The van der Waals surface area contributed by atoms with Gasteiger partial charge >= 0.3 is 0 Å². The summed E-state index contributed by atoms with van der Waals surface area (Å²) in [5, 5.41) is 4.29. The first kappa shape index (κ1) is 10.8. The number of hydrogen-bond donors (Lipinski definition) is 0. The normalized spacial score (nSPS) is 15.1. The molecule has 1 aromatic heterocycles. The summed E-state index contributed by atoms with van der Waals surface area (Å²) in [6.45, 7) is 0.702. The molecule has 90 valence electrons. The molecule has 3 rings (SSSR count). The van der Waals surface area contributed by atoms with Crippen LogP contribution in [-0.2, 0) is 4.79 Å². The third kappa shape index (κ3) is 1.82. The van der Waals surface area contributed by atoms with Crippen molar-refractivity contribution in [3.05, 3.63) is 54.7 Å². The van der Waals surface area contributed by atoms with E-state index in [0.717, 1.165) is 17.9 Å². The maximum absolute atomic E-state index is 11.9. The summed E-state index contributed by atoms with van der Waals surface area (Å²) in [6.07, 6.45) is 6.12. The van der Waals surface area contributed by atoms with Gasteiger partial charge in [0.2, 0.25) is 0 Å². The highest BCUT2D eigenvalue weighted by Crippen LogP contribution is 2.21. The van der Waals surface area contributed by atoms with Gasteiger partial charge in [0, 0.05) is 12.6 Å². The van der Waals surface area contributed by atoms with Gasteiger partial charge in [-0.1, -0.05) is 24.3 Å². The highest BCUT2D eigenvalue weighted by atomic mass is 16.2. The minimum absolute atomic E-state index is 0.0129. The molecule has 0 N–H and O–H groups in total. The van der Waals surface area contributed by atoms with Gasteiger partial charge in [-0.3, -0.25) is 9.69 Å². The third-order valence-corrected chi connectivity index (χ3v) is 2.95. The van der Waals surface area contributed by atoms with E-state index in [4.69, 9.17) is 0 Å². The van der Waals surface area contributed by atoms with Crippen molar-refractivity contribution in [3.63, 3.8) is 0 Å². The van der Waals surface area contributed by atoms with Crippen LogP contribution in [0, 0.1) is 0 Å². The van der Waals surface area contributed by atoms with Crippen LogP contribution in [0.5, 0.6) is 0 Å². The number of hydrogen-bond acceptors (Lipinski definition) is 2. The van der Waals surface area contributed by atoms with Gasteiger partial charge in [0.1, 0.15) is 5.82 Å². The average Bonchev–Trinajstić information content (AvgIpc) is 2.89. The molecular formula is C14H13N3O. The van der Waals surface area contributed by atoms with E-state index in [1.165, 1.54) is 0 Å². The number of aromatic nitrogens is 2. The Morgan fingerprint density at radius 1 is 1.11 bits per heavy atom. The lowest BCUT2D eigenvalue weighted by Crippen LogP contribution is -2.34. The van der Waals surface area contributed by atoms with E-state index in [9.17, 15) is 4.79 Å². The van der Waals surface area contributed by atoms with E-state index in [1.807, 2.05) is 42.5 Å². The van der Waals surface area contributed by atoms with Gasteiger partial charge in [0.15, 0.2) is 0 Å². The Morgan fingerprint density at radius 3 is 2.72 bits per heavy atom. The van der Waals surface area contributed by atoms with Crippen molar-refractivity contribution in [3.8, 4) is 5.69 Å². The third-order valence-electron chi connectivity index (χ3n) is 2.95. The first-order chi connectivity index (χ1) is 8.86. The van der Waals surface area contributed by atoms with Crippen LogP contribution >= 0.6 is 0 Å². The number of anilines is 1. The predicted molar refractivity (Wildman–Crippen MR) is 69.7 cm³/mol. The molecule has 0 saturated heterocycles. The van der Waals surface area contributed by atoms with Crippen LogP contribution in [0.1, 0.15) is 6.42 Å². The summed E-state index contributed by atoms with van der Waals surface area (Å²) in [6, 6.07) is 11.7. The molecule has 0 atom stereocenters. The summed E-state index contributed by atoms with van der Waals surface area (Å²) < 4.78 is 1.79. The smallest absolute Gasteiger partial charge is 0.251 e. The summed E-state index contributed by atoms with van der Waals surface area (Å²) in [5.74, 6) is 0.828. The number of carbonyl (C=O) groups is 1. The zero-order valence-corrected chi connectivity index (χ0v) is 9.86. The topological polar surface area (TPSA) is 38.1 Å². The highest BCUT2D eigenvalue weighted by Gasteiger charge is 2.19. The maximum Gasteiger partial charge on any atom is 0.251 e. The molecule has 0 saturated carbocycles. The number of benzene rings is 1.